The maximum atomic E-state index is 12.5. The highest BCUT2D eigenvalue weighted by atomic mass is 16.5. The Bertz CT molecular complexity index is 510. The van der Waals surface area contributed by atoms with Crippen LogP contribution in [0.5, 0.6) is 5.75 Å². The second kappa shape index (κ2) is 7.35. The molecule has 1 aromatic rings. The molecule has 1 saturated carbocycles. The average Bonchev–Trinajstić information content (AvgIpc) is 2.98. The Labute approximate surface area is 139 Å². The Morgan fingerprint density at radius 3 is 2.30 bits per heavy atom. The van der Waals surface area contributed by atoms with Gasteiger partial charge in [0, 0.05) is 12.1 Å². The summed E-state index contributed by atoms with van der Waals surface area (Å²) in [4.78, 5) is 14.5. The molecule has 128 valence electrons. The number of rotatable bonds is 6. The molecule has 0 aromatic heterocycles. The van der Waals surface area contributed by atoms with E-state index in [1.54, 1.807) is 26.0 Å². The largest absolute Gasteiger partial charge is 0.484 e. The Hall–Kier alpha value is -1.55. The van der Waals surface area contributed by atoms with Crippen molar-refractivity contribution in [3.05, 3.63) is 29.8 Å². The highest BCUT2D eigenvalue weighted by molar-refractivity contribution is 5.78. The number of amides is 1. The molecule has 0 bridgehead atoms. The monoisotopic (exact) mass is 319 g/mol. The molecule has 1 aliphatic rings. The molecule has 2 rings (SSSR count). The van der Waals surface area contributed by atoms with Gasteiger partial charge in [0.15, 0.2) is 6.61 Å². The molecule has 0 aliphatic heterocycles. The third-order valence-corrected chi connectivity index (χ3v) is 4.49. The fraction of sp³-hybridized carbons (Fsp3) is 0.632. The van der Waals surface area contributed by atoms with Gasteiger partial charge in [-0.3, -0.25) is 4.79 Å². The Kier molecular flexibility index (Phi) is 5.69. The van der Waals surface area contributed by atoms with Crippen molar-refractivity contribution >= 4 is 5.91 Å². The van der Waals surface area contributed by atoms with Gasteiger partial charge >= 0.3 is 0 Å². The van der Waals surface area contributed by atoms with E-state index < -0.39 is 5.60 Å². The number of benzene rings is 1. The minimum Gasteiger partial charge on any atom is -0.484 e. The zero-order valence-electron chi connectivity index (χ0n) is 14.7. The SMILES string of the molecule is CC(C)N(C(=O)COc1ccc(C(C)(C)O)cc1)C1CCCC1. The minimum atomic E-state index is -0.870. The van der Waals surface area contributed by atoms with Crippen molar-refractivity contribution in [1.82, 2.24) is 4.90 Å². The van der Waals surface area contributed by atoms with Crippen LogP contribution in [0.3, 0.4) is 0 Å². The molecule has 1 fully saturated rings. The van der Waals surface area contributed by atoms with Crippen molar-refractivity contribution in [2.24, 2.45) is 0 Å². The van der Waals surface area contributed by atoms with E-state index in [0.29, 0.717) is 11.8 Å². The van der Waals surface area contributed by atoms with Crippen molar-refractivity contribution in [3.8, 4) is 5.75 Å². The highest BCUT2D eigenvalue weighted by Crippen LogP contribution is 2.26. The molecule has 0 atom stereocenters. The van der Waals surface area contributed by atoms with E-state index in [4.69, 9.17) is 4.74 Å². The Morgan fingerprint density at radius 1 is 1.26 bits per heavy atom. The summed E-state index contributed by atoms with van der Waals surface area (Å²) < 4.78 is 5.65. The molecule has 1 amide bonds. The molecule has 1 N–H and O–H groups in total. The Morgan fingerprint density at radius 2 is 1.83 bits per heavy atom. The first-order valence-corrected chi connectivity index (χ1v) is 8.56. The Balaban J connectivity index is 1.94. The van der Waals surface area contributed by atoms with Gasteiger partial charge in [0.1, 0.15) is 5.75 Å². The summed E-state index contributed by atoms with van der Waals surface area (Å²) in [6.45, 7) is 7.68. The summed E-state index contributed by atoms with van der Waals surface area (Å²) in [6.07, 6.45) is 4.62. The van der Waals surface area contributed by atoms with Crippen LogP contribution >= 0.6 is 0 Å². The first-order chi connectivity index (χ1) is 10.8. The van der Waals surface area contributed by atoms with Gasteiger partial charge in [-0.05, 0) is 58.2 Å². The van der Waals surface area contributed by atoms with Crippen LogP contribution in [0.1, 0.15) is 58.9 Å². The first kappa shape index (κ1) is 17.8. The fourth-order valence-electron chi connectivity index (χ4n) is 3.27. The standard InChI is InChI=1S/C19H29NO3/c1-14(2)20(16-7-5-6-8-16)18(21)13-23-17-11-9-15(10-12-17)19(3,4)22/h9-12,14,16,22H,5-8,13H2,1-4H3. The van der Waals surface area contributed by atoms with E-state index >= 15 is 0 Å². The lowest BCUT2D eigenvalue weighted by molar-refractivity contribution is -0.137. The van der Waals surface area contributed by atoms with E-state index in [0.717, 1.165) is 18.4 Å². The van der Waals surface area contributed by atoms with Crippen LogP contribution in [0, 0.1) is 0 Å². The van der Waals surface area contributed by atoms with Crippen molar-refractivity contribution in [1.29, 1.82) is 0 Å². The molecule has 0 radical (unpaired) electrons. The zero-order chi connectivity index (χ0) is 17.0. The van der Waals surface area contributed by atoms with Gasteiger partial charge in [0.2, 0.25) is 0 Å². The van der Waals surface area contributed by atoms with Crippen LogP contribution in [-0.4, -0.2) is 34.6 Å². The van der Waals surface area contributed by atoms with E-state index in [-0.39, 0.29) is 18.6 Å². The van der Waals surface area contributed by atoms with E-state index in [2.05, 4.69) is 13.8 Å². The van der Waals surface area contributed by atoms with Crippen LogP contribution in [0.2, 0.25) is 0 Å². The molecule has 0 spiro atoms. The summed E-state index contributed by atoms with van der Waals surface area (Å²) in [5, 5.41) is 9.95. The number of carbonyl (C=O) groups is 1. The summed E-state index contributed by atoms with van der Waals surface area (Å²) >= 11 is 0. The van der Waals surface area contributed by atoms with Gasteiger partial charge in [-0.15, -0.1) is 0 Å². The topological polar surface area (TPSA) is 49.8 Å². The summed E-state index contributed by atoms with van der Waals surface area (Å²) in [6, 6.07) is 7.83. The number of ether oxygens (including phenoxy) is 1. The smallest absolute Gasteiger partial charge is 0.260 e. The first-order valence-electron chi connectivity index (χ1n) is 8.56. The van der Waals surface area contributed by atoms with Crippen molar-refractivity contribution < 1.29 is 14.6 Å². The maximum absolute atomic E-state index is 12.5. The predicted octanol–water partition coefficient (Wildman–Crippen LogP) is 3.47. The predicted molar refractivity (Wildman–Crippen MR) is 91.4 cm³/mol. The quantitative estimate of drug-likeness (QED) is 0.873. The number of hydrogen-bond donors (Lipinski definition) is 1. The van der Waals surface area contributed by atoms with Gasteiger partial charge in [0.25, 0.3) is 5.91 Å². The van der Waals surface area contributed by atoms with Crippen LogP contribution in [0.25, 0.3) is 0 Å². The third-order valence-electron chi connectivity index (χ3n) is 4.49. The van der Waals surface area contributed by atoms with Crippen LogP contribution in [-0.2, 0) is 10.4 Å². The van der Waals surface area contributed by atoms with Crippen LogP contribution < -0.4 is 4.74 Å². The van der Waals surface area contributed by atoms with Gasteiger partial charge in [-0.2, -0.15) is 0 Å². The lowest BCUT2D eigenvalue weighted by atomic mass is 9.99. The molecule has 23 heavy (non-hydrogen) atoms. The number of carbonyl (C=O) groups excluding carboxylic acids is 1. The molecule has 0 heterocycles. The van der Waals surface area contributed by atoms with Crippen LogP contribution in [0.4, 0.5) is 0 Å². The lowest BCUT2D eigenvalue weighted by Gasteiger charge is -2.32. The molecule has 0 unspecified atom stereocenters. The van der Waals surface area contributed by atoms with Crippen molar-refractivity contribution in [2.75, 3.05) is 6.61 Å². The van der Waals surface area contributed by atoms with Gasteiger partial charge in [-0.1, -0.05) is 25.0 Å². The molecule has 4 nitrogen and oxygen atoms in total. The second-order valence-electron chi connectivity index (χ2n) is 7.21. The highest BCUT2D eigenvalue weighted by Gasteiger charge is 2.28. The minimum absolute atomic E-state index is 0.0541. The van der Waals surface area contributed by atoms with E-state index in [1.807, 2.05) is 17.0 Å². The maximum Gasteiger partial charge on any atom is 0.260 e. The lowest BCUT2D eigenvalue weighted by Crippen LogP contribution is -2.45. The van der Waals surface area contributed by atoms with Gasteiger partial charge < -0.3 is 14.7 Å². The third kappa shape index (κ3) is 4.71. The molecule has 1 aliphatic carbocycles. The zero-order valence-corrected chi connectivity index (χ0v) is 14.7. The summed E-state index contributed by atoms with van der Waals surface area (Å²) in [5.74, 6) is 0.708. The normalized spacial score (nSPS) is 15.9. The summed E-state index contributed by atoms with van der Waals surface area (Å²) in [5.41, 5.74) is -0.0448. The molecule has 1 aromatic carbocycles. The molecular formula is C19H29NO3. The fourth-order valence-corrected chi connectivity index (χ4v) is 3.27. The molecule has 0 saturated heterocycles. The average molecular weight is 319 g/mol. The van der Waals surface area contributed by atoms with Crippen molar-refractivity contribution in [2.45, 2.75) is 71.1 Å². The number of aliphatic hydroxyl groups is 1. The van der Waals surface area contributed by atoms with Gasteiger partial charge in [-0.25, -0.2) is 0 Å². The van der Waals surface area contributed by atoms with Crippen molar-refractivity contribution in [3.63, 3.8) is 0 Å². The van der Waals surface area contributed by atoms with Gasteiger partial charge in [0.05, 0.1) is 5.60 Å². The van der Waals surface area contributed by atoms with E-state index in [1.165, 1.54) is 12.8 Å². The van der Waals surface area contributed by atoms with E-state index in [9.17, 15) is 9.90 Å². The number of nitrogens with zero attached hydrogens (tertiary/aromatic N) is 1. The van der Waals surface area contributed by atoms with Crippen LogP contribution in [0.15, 0.2) is 24.3 Å². The molecule has 4 heteroatoms. The number of hydrogen-bond acceptors (Lipinski definition) is 3. The second-order valence-corrected chi connectivity index (χ2v) is 7.21. The molecular weight excluding hydrogens is 290 g/mol. The summed E-state index contributed by atoms with van der Waals surface area (Å²) in [7, 11) is 0.